The Labute approximate surface area is 248 Å². The molecule has 0 radical (unpaired) electrons. The Kier molecular flexibility index (Phi) is 13.8. The summed E-state index contributed by atoms with van der Waals surface area (Å²) in [5.41, 5.74) is 0.515. The van der Waals surface area contributed by atoms with Crippen molar-refractivity contribution in [3.63, 3.8) is 0 Å². The molecule has 42 heavy (non-hydrogen) atoms. The van der Waals surface area contributed by atoms with Crippen LogP contribution in [0.1, 0.15) is 77.5 Å². The maximum Gasteiger partial charge on any atom is 0.408 e. The van der Waals surface area contributed by atoms with Crippen molar-refractivity contribution in [2.45, 2.75) is 84.4 Å². The van der Waals surface area contributed by atoms with E-state index in [9.17, 15) is 24.3 Å². The van der Waals surface area contributed by atoms with E-state index in [2.05, 4.69) is 10.6 Å². The third kappa shape index (κ3) is 11.8. The maximum absolute atomic E-state index is 14.3. The Morgan fingerprint density at radius 2 is 1.62 bits per heavy atom. The van der Waals surface area contributed by atoms with E-state index in [4.69, 9.17) is 9.47 Å². The van der Waals surface area contributed by atoms with Gasteiger partial charge in [-0.05, 0) is 57.4 Å². The Morgan fingerprint density at radius 1 is 0.952 bits per heavy atom. The summed E-state index contributed by atoms with van der Waals surface area (Å²) in [5.74, 6) is -1.39. The monoisotopic (exact) mass is 583 g/mol. The highest BCUT2D eigenvalue weighted by molar-refractivity contribution is 5.92. The van der Waals surface area contributed by atoms with Gasteiger partial charge in [-0.1, -0.05) is 62.2 Å². The minimum absolute atomic E-state index is 0.0117. The third-order valence-electron chi connectivity index (χ3n) is 6.26. The smallest absolute Gasteiger partial charge is 0.408 e. The summed E-state index contributed by atoms with van der Waals surface area (Å²) in [6.45, 7) is 9.44. The van der Waals surface area contributed by atoms with Crippen LogP contribution in [-0.2, 0) is 30.3 Å². The van der Waals surface area contributed by atoms with Crippen LogP contribution >= 0.6 is 0 Å². The van der Waals surface area contributed by atoms with Crippen molar-refractivity contribution < 1.29 is 33.8 Å². The molecule has 2 unspecified atom stereocenters. The minimum atomic E-state index is -1.09. The van der Waals surface area contributed by atoms with Gasteiger partial charge in [0.1, 0.15) is 23.4 Å². The number of hydrogen-bond acceptors (Lipinski definition) is 7. The molecule has 230 valence electrons. The number of rotatable bonds is 15. The molecule has 2 aromatic carbocycles. The summed E-state index contributed by atoms with van der Waals surface area (Å²) in [4.78, 5) is 54.2. The zero-order chi connectivity index (χ0) is 31.1. The number of unbranched alkanes of at least 4 members (excludes halogenated alkanes) is 2. The number of hydrogen-bond donors (Lipinski definition) is 3. The van der Waals surface area contributed by atoms with Crippen molar-refractivity contribution in [1.29, 1.82) is 0 Å². The van der Waals surface area contributed by atoms with E-state index >= 15 is 0 Å². The van der Waals surface area contributed by atoms with E-state index in [1.165, 1.54) is 17.0 Å². The zero-order valence-electron chi connectivity index (χ0n) is 25.4. The summed E-state index contributed by atoms with van der Waals surface area (Å²) in [6, 6.07) is 13.2. The van der Waals surface area contributed by atoms with Gasteiger partial charge in [0.15, 0.2) is 0 Å². The molecule has 2 rings (SSSR count). The van der Waals surface area contributed by atoms with Crippen molar-refractivity contribution >= 4 is 23.9 Å². The molecule has 0 aliphatic heterocycles. The van der Waals surface area contributed by atoms with Crippen LogP contribution in [0.3, 0.4) is 0 Å². The van der Waals surface area contributed by atoms with Crippen molar-refractivity contribution in [3.8, 4) is 5.75 Å². The molecule has 0 aliphatic carbocycles. The number of ether oxygens (including phenoxy) is 2. The molecular weight excluding hydrogens is 538 g/mol. The van der Waals surface area contributed by atoms with Crippen molar-refractivity contribution in [1.82, 2.24) is 15.5 Å². The van der Waals surface area contributed by atoms with Crippen LogP contribution in [0.25, 0.3) is 0 Å². The number of alkyl carbamates (subject to hydrolysis) is 1. The van der Waals surface area contributed by atoms with E-state index in [-0.39, 0.29) is 38.3 Å². The first kappa shape index (κ1) is 34.1. The van der Waals surface area contributed by atoms with Crippen LogP contribution in [0.5, 0.6) is 5.75 Å². The van der Waals surface area contributed by atoms with Crippen LogP contribution in [0.4, 0.5) is 4.79 Å². The molecule has 2 atom stereocenters. The summed E-state index contributed by atoms with van der Waals surface area (Å²) >= 11 is 0. The molecule has 0 bridgehead atoms. The molecule has 0 aliphatic rings. The van der Waals surface area contributed by atoms with Crippen LogP contribution in [0.2, 0.25) is 0 Å². The van der Waals surface area contributed by atoms with Crippen LogP contribution in [-0.4, -0.2) is 65.2 Å². The second-order valence-corrected chi connectivity index (χ2v) is 11.0. The van der Waals surface area contributed by atoms with Gasteiger partial charge in [0.25, 0.3) is 0 Å². The Hall–Kier alpha value is -4.08. The number of esters is 1. The fourth-order valence-corrected chi connectivity index (χ4v) is 4.35. The standard InChI is InChI=1S/C32H45N3O7/c1-6-8-12-21-35(28(24-15-17-25(36)18-16-24)29(38)33-20-19-27(37)41-7-2)30(39)26(22-23-13-10-9-11-14-23)34-31(40)42-32(3,4)5/h9-11,13-18,26,28,36H,6-8,12,19-22H2,1-5H3,(H,33,38)(H,34,40). The molecular formula is C32H45N3O7. The number of aromatic hydroxyl groups is 1. The van der Waals surface area contributed by atoms with Gasteiger partial charge in [0, 0.05) is 19.5 Å². The Bertz CT molecular complexity index is 1150. The number of carbonyl (C=O) groups is 4. The molecule has 10 nitrogen and oxygen atoms in total. The number of phenols is 1. The highest BCUT2D eigenvalue weighted by Crippen LogP contribution is 2.26. The molecule has 2 aromatic rings. The van der Waals surface area contributed by atoms with E-state index < -0.39 is 41.6 Å². The van der Waals surface area contributed by atoms with E-state index in [1.54, 1.807) is 39.8 Å². The predicted octanol–water partition coefficient (Wildman–Crippen LogP) is 4.66. The normalized spacial score (nSPS) is 12.5. The van der Waals surface area contributed by atoms with Crippen LogP contribution in [0, 0.1) is 0 Å². The largest absolute Gasteiger partial charge is 0.508 e. The summed E-state index contributed by atoms with van der Waals surface area (Å²) < 4.78 is 10.4. The Balaban J connectivity index is 2.48. The first-order valence-corrected chi connectivity index (χ1v) is 14.5. The van der Waals surface area contributed by atoms with Gasteiger partial charge < -0.3 is 30.1 Å². The average molecular weight is 584 g/mol. The SMILES string of the molecule is CCCCCN(C(=O)C(Cc1ccccc1)NC(=O)OC(C)(C)C)C(C(=O)NCCC(=O)OCC)c1ccc(O)cc1. The maximum atomic E-state index is 14.3. The summed E-state index contributed by atoms with van der Waals surface area (Å²) in [5, 5.41) is 15.4. The van der Waals surface area contributed by atoms with Gasteiger partial charge in [-0.2, -0.15) is 0 Å². The lowest BCUT2D eigenvalue weighted by molar-refractivity contribution is -0.144. The minimum Gasteiger partial charge on any atom is -0.508 e. The predicted molar refractivity (Wildman–Crippen MR) is 160 cm³/mol. The molecule has 0 saturated carbocycles. The van der Waals surface area contributed by atoms with Gasteiger partial charge in [0.2, 0.25) is 11.8 Å². The third-order valence-corrected chi connectivity index (χ3v) is 6.26. The lowest BCUT2D eigenvalue weighted by Crippen LogP contribution is -2.54. The highest BCUT2D eigenvalue weighted by Gasteiger charge is 2.36. The number of carbonyl (C=O) groups excluding carboxylic acids is 4. The zero-order valence-corrected chi connectivity index (χ0v) is 25.4. The number of benzene rings is 2. The molecule has 0 fully saturated rings. The first-order valence-electron chi connectivity index (χ1n) is 14.5. The average Bonchev–Trinajstić information content (AvgIpc) is 2.92. The number of nitrogens with zero attached hydrogens (tertiary/aromatic N) is 1. The van der Waals surface area contributed by atoms with Crippen molar-refractivity contribution in [3.05, 3.63) is 65.7 Å². The van der Waals surface area contributed by atoms with Crippen molar-refractivity contribution in [2.75, 3.05) is 19.7 Å². The second-order valence-electron chi connectivity index (χ2n) is 11.0. The van der Waals surface area contributed by atoms with Gasteiger partial charge in [-0.3, -0.25) is 14.4 Å². The van der Waals surface area contributed by atoms with Gasteiger partial charge in [-0.25, -0.2) is 4.79 Å². The van der Waals surface area contributed by atoms with E-state index in [0.717, 1.165) is 18.4 Å². The molecule has 3 N–H and O–H groups in total. The highest BCUT2D eigenvalue weighted by atomic mass is 16.6. The lowest BCUT2D eigenvalue weighted by atomic mass is 9.99. The molecule has 0 saturated heterocycles. The van der Waals surface area contributed by atoms with Gasteiger partial charge in [0.05, 0.1) is 13.0 Å². The number of phenolic OH excluding ortho intramolecular Hbond substituents is 1. The van der Waals surface area contributed by atoms with Crippen molar-refractivity contribution in [2.24, 2.45) is 0 Å². The van der Waals surface area contributed by atoms with Crippen LogP contribution in [0.15, 0.2) is 54.6 Å². The topological polar surface area (TPSA) is 134 Å². The summed E-state index contributed by atoms with van der Waals surface area (Å²) in [6.07, 6.45) is 1.74. The molecule has 3 amide bonds. The summed E-state index contributed by atoms with van der Waals surface area (Å²) in [7, 11) is 0. The molecule has 0 heterocycles. The van der Waals surface area contributed by atoms with Gasteiger partial charge in [-0.15, -0.1) is 0 Å². The quantitative estimate of drug-likeness (QED) is 0.205. The van der Waals surface area contributed by atoms with Crippen LogP contribution < -0.4 is 10.6 Å². The lowest BCUT2D eigenvalue weighted by Gasteiger charge is -2.34. The van der Waals surface area contributed by atoms with E-state index in [0.29, 0.717) is 12.0 Å². The number of amides is 3. The first-order chi connectivity index (χ1) is 19.9. The fraction of sp³-hybridized carbons (Fsp3) is 0.500. The van der Waals surface area contributed by atoms with Gasteiger partial charge >= 0.3 is 12.1 Å². The Morgan fingerprint density at radius 3 is 2.21 bits per heavy atom. The van der Waals surface area contributed by atoms with E-state index in [1.807, 2.05) is 37.3 Å². The molecule has 10 heteroatoms. The molecule has 0 spiro atoms. The second kappa shape index (κ2) is 17.0. The molecule has 0 aromatic heterocycles. The number of nitrogens with one attached hydrogen (secondary N) is 2. The fourth-order valence-electron chi connectivity index (χ4n) is 4.35.